The maximum atomic E-state index is 15.0. The molecule has 4 aromatic rings. The smallest absolute Gasteiger partial charge is 0.244 e. The summed E-state index contributed by atoms with van der Waals surface area (Å²) in [6.45, 7) is 3.75. The maximum Gasteiger partial charge on any atom is 0.244 e. The van der Waals surface area contributed by atoms with E-state index in [0.717, 1.165) is 23.2 Å². The zero-order valence-electron chi connectivity index (χ0n) is 20.1. The predicted octanol–water partition coefficient (Wildman–Crippen LogP) is 2.90. The van der Waals surface area contributed by atoms with Crippen LogP contribution < -0.4 is 10.1 Å². The van der Waals surface area contributed by atoms with Gasteiger partial charge in [-0.3, -0.25) is 4.90 Å². The zero-order chi connectivity index (χ0) is 24.8. The lowest BCUT2D eigenvalue weighted by Gasteiger charge is -2.42. The number of piperidine rings is 1. The van der Waals surface area contributed by atoms with Crippen LogP contribution in [0.5, 0.6) is 5.88 Å². The lowest BCUT2D eigenvalue weighted by Crippen LogP contribution is -2.57. The van der Waals surface area contributed by atoms with E-state index in [1.54, 1.807) is 23.2 Å². The van der Waals surface area contributed by atoms with E-state index in [2.05, 4.69) is 30.6 Å². The second-order valence-electron chi connectivity index (χ2n) is 9.45. The number of halogens is 2. The molecule has 0 unspecified atom stereocenters. The predicted molar refractivity (Wildman–Crippen MR) is 130 cm³/mol. The Morgan fingerprint density at radius 3 is 2.86 bits per heavy atom. The van der Waals surface area contributed by atoms with Gasteiger partial charge in [-0.15, -0.1) is 10.2 Å². The summed E-state index contributed by atoms with van der Waals surface area (Å²) in [6.07, 6.45) is 1.43. The van der Waals surface area contributed by atoms with Gasteiger partial charge in [-0.25, -0.2) is 18.0 Å². The zero-order valence-corrected chi connectivity index (χ0v) is 20.1. The van der Waals surface area contributed by atoms with Crippen LogP contribution in [0.1, 0.15) is 19.4 Å². The molecule has 2 saturated heterocycles. The number of benzene rings is 1. The van der Waals surface area contributed by atoms with Crippen molar-refractivity contribution >= 4 is 22.5 Å². The second-order valence-corrected chi connectivity index (χ2v) is 9.45. The molecular formula is C24H28F2N8O2. The molecule has 12 heteroatoms. The highest BCUT2D eigenvalue weighted by molar-refractivity contribution is 5.89. The molecule has 0 radical (unpaired) electrons. The number of nitrogens with one attached hydrogen (secondary N) is 1. The third-order valence-corrected chi connectivity index (χ3v) is 7.12. The Morgan fingerprint density at radius 2 is 2.14 bits per heavy atom. The fourth-order valence-corrected chi connectivity index (χ4v) is 4.95. The molecule has 0 spiro atoms. The number of hydrogen-bond acceptors (Lipinski definition) is 8. The van der Waals surface area contributed by atoms with Crippen LogP contribution >= 0.6 is 0 Å². The first-order chi connectivity index (χ1) is 17.6. The van der Waals surface area contributed by atoms with Gasteiger partial charge in [-0.1, -0.05) is 11.3 Å². The Labute approximate surface area is 206 Å². The van der Waals surface area contributed by atoms with E-state index in [0.29, 0.717) is 55.1 Å². The van der Waals surface area contributed by atoms with Gasteiger partial charge < -0.3 is 14.8 Å². The van der Waals surface area contributed by atoms with Gasteiger partial charge in [-0.2, -0.15) is 4.98 Å². The van der Waals surface area contributed by atoms with Gasteiger partial charge in [0, 0.05) is 24.8 Å². The van der Waals surface area contributed by atoms with Crippen LogP contribution in [0.25, 0.3) is 27.7 Å². The van der Waals surface area contributed by atoms with Crippen LogP contribution in [0.2, 0.25) is 0 Å². The minimum Gasteiger partial charge on any atom is -0.479 e. The summed E-state index contributed by atoms with van der Waals surface area (Å²) in [6, 6.07) is 7.15. The molecule has 3 atom stereocenters. The van der Waals surface area contributed by atoms with Crippen molar-refractivity contribution in [1.82, 2.24) is 34.5 Å². The van der Waals surface area contributed by atoms with Crippen LogP contribution in [0.4, 0.5) is 14.7 Å². The summed E-state index contributed by atoms with van der Waals surface area (Å²) in [5.74, 6) is 0.680. The third-order valence-electron chi connectivity index (χ3n) is 7.12. The normalized spacial score (nSPS) is 22.1. The summed E-state index contributed by atoms with van der Waals surface area (Å²) in [4.78, 5) is 6.71. The van der Waals surface area contributed by atoms with E-state index in [4.69, 9.17) is 9.47 Å². The first kappa shape index (κ1) is 23.0. The number of likely N-dealkylation sites (tertiary alicyclic amines) is 1. The van der Waals surface area contributed by atoms with Crippen molar-refractivity contribution in [2.75, 3.05) is 45.4 Å². The monoisotopic (exact) mass is 498 g/mol. The van der Waals surface area contributed by atoms with E-state index in [1.165, 1.54) is 0 Å². The molecule has 5 heterocycles. The van der Waals surface area contributed by atoms with E-state index in [-0.39, 0.29) is 6.04 Å². The molecule has 10 nitrogen and oxygen atoms in total. The highest BCUT2D eigenvalue weighted by Crippen LogP contribution is 2.33. The van der Waals surface area contributed by atoms with Crippen molar-refractivity contribution in [3.63, 3.8) is 0 Å². The maximum absolute atomic E-state index is 15.0. The summed E-state index contributed by atoms with van der Waals surface area (Å²) >= 11 is 0. The van der Waals surface area contributed by atoms with Gasteiger partial charge >= 0.3 is 0 Å². The highest BCUT2D eigenvalue weighted by atomic mass is 19.1. The molecule has 0 bridgehead atoms. The molecule has 190 valence electrons. The number of fused-ring (bicyclic) bond motifs is 2. The molecule has 1 N–H and O–H groups in total. The molecule has 2 aliphatic heterocycles. The van der Waals surface area contributed by atoms with Crippen LogP contribution in [0.15, 0.2) is 30.5 Å². The first-order valence-corrected chi connectivity index (χ1v) is 12.1. The highest BCUT2D eigenvalue weighted by Gasteiger charge is 2.35. The van der Waals surface area contributed by atoms with Gasteiger partial charge in [0.15, 0.2) is 0 Å². The molecule has 0 saturated carbocycles. The molecule has 2 fully saturated rings. The van der Waals surface area contributed by atoms with Crippen LogP contribution in [0.3, 0.4) is 0 Å². The Bertz CT molecular complexity index is 1390. The second kappa shape index (κ2) is 9.25. The Kier molecular flexibility index (Phi) is 5.92. The SMILES string of the molecule is COc1nc(N[C@H]2CCN(C3COC3)C[C@@H]2F)nn2ccc(-c3ccc4nnn([C@H](C)CF)c4c3)c12. The van der Waals surface area contributed by atoms with E-state index < -0.39 is 18.9 Å². The van der Waals surface area contributed by atoms with Crippen molar-refractivity contribution in [1.29, 1.82) is 0 Å². The van der Waals surface area contributed by atoms with Gasteiger partial charge in [0.25, 0.3) is 0 Å². The van der Waals surface area contributed by atoms with Gasteiger partial charge in [-0.05, 0) is 37.1 Å². The number of anilines is 1. The van der Waals surface area contributed by atoms with E-state index >= 15 is 0 Å². The number of aromatic nitrogens is 6. The standard InChI is InChI=1S/C24H28F2N8O2/c1-14(10-25)34-21-9-15(3-4-20(21)29-31-34)17-5-8-33-22(17)23(35-2)28-24(30-33)27-19-6-7-32(11-18(19)26)16-12-36-13-16/h3-5,8-9,14,16,18-19H,6-7,10-13H2,1-2H3,(H,27,30)/t14-,18+,19+/m1/s1. The van der Waals surface area contributed by atoms with Crippen molar-refractivity contribution in [3.8, 4) is 17.0 Å². The van der Waals surface area contributed by atoms with E-state index in [1.807, 2.05) is 30.5 Å². The number of hydrogen-bond donors (Lipinski definition) is 1. The Hall–Kier alpha value is -3.38. The molecule has 0 amide bonds. The molecular weight excluding hydrogens is 470 g/mol. The number of methoxy groups -OCH3 is 1. The van der Waals surface area contributed by atoms with Gasteiger partial charge in [0.2, 0.25) is 11.8 Å². The summed E-state index contributed by atoms with van der Waals surface area (Å²) < 4.78 is 42.4. The molecule has 6 rings (SSSR count). The first-order valence-electron chi connectivity index (χ1n) is 12.1. The van der Waals surface area contributed by atoms with Crippen molar-refractivity contribution in [3.05, 3.63) is 30.5 Å². The molecule has 1 aromatic carbocycles. The molecule has 0 aliphatic carbocycles. The third kappa shape index (κ3) is 3.94. The largest absolute Gasteiger partial charge is 0.479 e. The number of nitrogens with zero attached hydrogens (tertiary/aromatic N) is 7. The fourth-order valence-electron chi connectivity index (χ4n) is 4.95. The van der Waals surface area contributed by atoms with Crippen LogP contribution in [0, 0.1) is 0 Å². The van der Waals surface area contributed by atoms with Gasteiger partial charge in [0.05, 0.1) is 44.0 Å². The van der Waals surface area contributed by atoms with Crippen LogP contribution in [-0.2, 0) is 4.74 Å². The lowest BCUT2D eigenvalue weighted by molar-refractivity contribution is -0.0794. The van der Waals surface area contributed by atoms with Crippen molar-refractivity contribution < 1.29 is 18.3 Å². The summed E-state index contributed by atoms with van der Waals surface area (Å²) in [7, 11) is 1.55. The molecule has 3 aromatic heterocycles. The Morgan fingerprint density at radius 1 is 1.28 bits per heavy atom. The average molecular weight is 499 g/mol. The number of rotatable bonds is 7. The lowest BCUT2D eigenvalue weighted by atomic mass is 10.0. The molecule has 2 aliphatic rings. The Balaban J connectivity index is 1.29. The van der Waals surface area contributed by atoms with Crippen molar-refractivity contribution in [2.45, 2.75) is 37.6 Å². The van der Waals surface area contributed by atoms with Crippen LogP contribution in [-0.4, -0.2) is 92.8 Å². The topological polar surface area (TPSA) is 94.6 Å². The fraction of sp³-hybridized carbons (Fsp3) is 0.500. The van der Waals surface area contributed by atoms with Crippen molar-refractivity contribution in [2.24, 2.45) is 0 Å². The van der Waals surface area contributed by atoms with E-state index in [9.17, 15) is 8.78 Å². The average Bonchev–Trinajstić information content (AvgIpc) is 3.47. The van der Waals surface area contributed by atoms with Gasteiger partial charge in [0.1, 0.15) is 23.9 Å². The quantitative estimate of drug-likeness (QED) is 0.416. The summed E-state index contributed by atoms with van der Waals surface area (Å²) in [5, 5.41) is 16.0. The summed E-state index contributed by atoms with van der Waals surface area (Å²) in [5.41, 5.74) is 3.83. The molecule has 36 heavy (non-hydrogen) atoms. The number of ether oxygens (including phenoxy) is 2. The minimum absolute atomic E-state index is 0.309. The number of alkyl halides is 2. The minimum atomic E-state index is -1.04.